The van der Waals surface area contributed by atoms with Crippen LogP contribution in [0.4, 0.5) is 5.69 Å². The Hall–Kier alpha value is -1.02. The second-order valence-corrected chi connectivity index (χ2v) is 4.52. The molecule has 2 atom stereocenters. The summed E-state index contributed by atoms with van der Waals surface area (Å²) in [5.74, 6) is 0.639. The Morgan fingerprint density at radius 3 is 2.38 bits per heavy atom. The summed E-state index contributed by atoms with van der Waals surface area (Å²) >= 11 is 0. The zero-order valence-electron chi connectivity index (χ0n) is 10.7. The Morgan fingerprint density at radius 1 is 1.25 bits per heavy atom. The standard InChI is InChI=1S/C14H24N2/c1-4-8-12(2)14(11-15)16(3)13-9-6-5-7-10-13/h5-7,9-10,12,14H,4,8,11,15H2,1-3H3. The lowest BCUT2D eigenvalue weighted by Gasteiger charge is -2.33. The molecular formula is C14H24N2. The molecule has 90 valence electrons. The van der Waals surface area contributed by atoms with Gasteiger partial charge in [0.15, 0.2) is 0 Å². The quantitative estimate of drug-likeness (QED) is 0.798. The molecule has 0 saturated carbocycles. The number of hydrogen-bond donors (Lipinski definition) is 1. The molecule has 0 aliphatic rings. The minimum Gasteiger partial charge on any atom is -0.370 e. The first-order chi connectivity index (χ1) is 7.70. The lowest BCUT2D eigenvalue weighted by atomic mass is 9.95. The van der Waals surface area contributed by atoms with Crippen molar-refractivity contribution in [2.75, 3.05) is 18.5 Å². The van der Waals surface area contributed by atoms with E-state index in [1.165, 1.54) is 18.5 Å². The largest absolute Gasteiger partial charge is 0.370 e. The summed E-state index contributed by atoms with van der Waals surface area (Å²) in [7, 11) is 2.14. The molecule has 1 rings (SSSR count). The minimum absolute atomic E-state index is 0.433. The molecule has 0 bridgehead atoms. The maximum Gasteiger partial charge on any atom is 0.0434 e. The van der Waals surface area contributed by atoms with E-state index in [-0.39, 0.29) is 0 Å². The highest BCUT2D eigenvalue weighted by molar-refractivity contribution is 5.46. The van der Waals surface area contributed by atoms with Gasteiger partial charge in [0.2, 0.25) is 0 Å². The fourth-order valence-corrected chi connectivity index (χ4v) is 2.27. The SMILES string of the molecule is CCCC(C)C(CN)N(C)c1ccccc1. The molecule has 0 fully saturated rings. The number of nitrogens with zero attached hydrogens (tertiary/aromatic N) is 1. The maximum atomic E-state index is 5.90. The van der Waals surface area contributed by atoms with Crippen molar-refractivity contribution in [3.8, 4) is 0 Å². The lowest BCUT2D eigenvalue weighted by molar-refractivity contribution is 0.414. The van der Waals surface area contributed by atoms with E-state index in [1.807, 2.05) is 6.07 Å². The third-order valence-corrected chi connectivity index (χ3v) is 3.30. The predicted molar refractivity (Wildman–Crippen MR) is 71.8 cm³/mol. The number of hydrogen-bond acceptors (Lipinski definition) is 2. The monoisotopic (exact) mass is 220 g/mol. The van der Waals surface area contributed by atoms with E-state index in [0.29, 0.717) is 18.5 Å². The zero-order chi connectivity index (χ0) is 12.0. The molecule has 0 heterocycles. The number of anilines is 1. The van der Waals surface area contributed by atoms with Gasteiger partial charge in [-0.05, 0) is 24.5 Å². The van der Waals surface area contributed by atoms with Crippen LogP contribution in [0.1, 0.15) is 26.7 Å². The van der Waals surface area contributed by atoms with Crippen LogP contribution < -0.4 is 10.6 Å². The van der Waals surface area contributed by atoms with Gasteiger partial charge in [0.1, 0.15) is 0 Å². The Balaban J connectivity index is 2.73. The van der Waals surface area contributed by atoms with Crippen LogP contribution in [0.3, 0.4) is 0 Å². The Bertz CT molecular complexity index is 284. The van der Waals surface area contributed by atoms with E-state index in [9.17, 15) is 0 Å². The summed E-state index contributed by atoms with van der Waals surface area (Å²) in [6, 6.07) is 10.9. The molecule has 0 aliphatic carbocycles. The van der Waals surface area contributed by atoms with Crippen molar-refractivity contribution < 1.29 is 0 Å². The Labute approximate surface area is 99.5 Å². The summed E-state index contributed by atoms with van der Waals surface area (Å²) in [5, 5.41) is 0. The molecule has 2 N–H and O–H groups in total. The van der Waals surface area contributed by atoms with Crippen LogP contribution in [0.25, 0.3) is 0 Å². The van der Waals surface area contributed by atoms with Crippen molar-refractivity contribution in [2.24, 2.45) is 11.7 Å². The number of nitrogens with two attached hydrogens (primary N) is 1. The topological polar surface area (TPSA) is 29.3 Å². The number of rotatable bonds is 6. The minimum atomic E-state index is 0.433. The second-order valence-electron chi connectivity index (χ2n) is 4.52. The first-order valence-electron chi connectivity index (χ1n) is 6.18. The van der Waals surface area contributed by atoms with Gasteiger partial charge >= 0.3 is 0 Å². The fourth-order valence-electron chi connectivity index (χ4n) is 2.27. The predicted octanol–water partition coefficient (Wildman–Crippen LogP) is 2.89. The van der Waals surface area contributed by atoms with E-state index in [4.69, 9.17) is 5.73 Å². The molecule has 1 aromatic rings. The van der Waals surface area contributed by atoms with Crippen LogP contribution in [0, 0.1) is 5.92 Å². The first kappa shape index (κ1) is 13.0. The zero-order valence-corrected chi connectivity index (χ0v) is 10.7. The van der Waals surface area contributed by atoms with E-state index < -0.39 is 0 Å². The highest BCUT2D eigenvalue weighted by Gasteiger charge is 2.19. The van der Waals surface area contributed by atoms with Crippen molar-refractivity contribution in [1.29, 1.82) is 0 Å². The van der Waals surface area contributed by atoms with Gasteiger partial charge < -0.3 is 10.6 Å². The van der Waals surface area contributed by atoms with Crippen LogP contribution in [0.5, 0.6) is 0 Å². The second kappa shape index (κ2) is 6.54. The van der Waals surface area contributed by atoms with Crippen LogP contribution in [-0.4, -0.2) is 19.6 Å². The van der Waals surface area contributed by atoms with E-state index in [0.717, 1.165) is 0 Å². The van der Waals surface area contributed by atoms with Crippen molar-refractivity contribution in [1.82, 2.24) is 0 Å². The van der Waals surface area contributed by atoms with Crippen LogP contribution in [-0.2, 0) is 0 Å². The summed E-state index contributed by atoms with van der Waals surface area (Å²) in [4.78, 5) is 2.31. The number of likely N-dealkylation sites (N-methyl/N-ethyl adjacent to an activating group) is 1. The Morgan fingerprint density at radius 2 is 1.88 bits per heavy atom. The molecule has 0 saturated heterocycles. The van der Waals surface area contributed by atoms with E-state index >= 15 is 0 Å². The van der Waals surface area contributed by atoms with Gasteiger partial charge in [-0.2, -0.15) is 0 Å². The number of para-hydroxylation sites is 1. The molecule has 0 amide bonds. The van der Waals surface area contributed by atoms with Crippen LogP contribution >= 0.6 is 0 Å². The van der Waals surface area contributed by atoms with Gasteiger partial charge in [-0.15, -0.1) is 0 Å². The van der Waals surface area contributed by atoms with E-state index in [1.54, 1.807) is 0 Å². The van der Waals surface area contributed by atoms with Gasteiger partial charge in [0.05, 0.1) is 0 Å². The molecule has 1 aromatic carbocycles. The molecule has 16 heavy (non-hydrogen) atoms. The van der Waals surface area contributed by atoms with Crippen molar-refractivity contribution >= 4 is 5.69 Å². The summed E-state index contributed by atoms with van der Waals surface area (Å²) in [6.45, 7) is 5.24. The highest BCUT2D eigenvalue weighted by atomic mass is 15.1. The molecule has 0 aliphatic heterocycles. The van der Waals surface area contributed by atoms with Crippen LogP contribution in [0.2, 0.25) is 0 Å². The van der Waals surface area contributed by atoms with Crippen molar-refractivity contribution in [2.45, 2.75) is 32.7 Å². The molecule has 0 spiro atoms. The van der Waals surface area contributed by atoms with Gasteiger partial charge in [0, 0.05) is 25.3 Å². The third kappa shape index (κ3) is 3.24. The molecule has 2 heteroatoms. The average Bonchev–Trinajstić information content (AvgIpc) is 2.31. The van der Waals surface area contributed by atoms with Gasteiger partial charge in [-0.3, -0.25) is 0 Å². The molecule has 2 unspecified atom stereocenters. The maximum absolute atomic E-state index is 5.90. The van der Waals surface area contributed by atoms with Crippen molar-refractivity contribution in [3.05, 3.63) is 30.3 Å². The van der Waals surface area contributed by atoms with Gasteiger partial charge in [0.25, 0.3) is 0 Å². The van der Waals surface area contributed by atoms with E-state index in [2.05, 4.69) is 50.1 Å². The normalized spacial score (nSPS) is 14.5. The highest BCUT2D eigenvalue weighted by Crippen LogP contribution is 2.21. The Kier molecular flexibility index (Phi) is 5.33. The van der Waals surface area contributed by atoms with Crippen LogP contribution in [0.15, 0.2) is 30.3 Å². The molecule has 0 radical (unpaired) electrons. The molecular weight excluding hydrogens is 196 g/mol. The third-order valence-electron chi connectivity index (χ3n) is 3.30. The summed E-state index contributed by atoms with van der Waals surface area (Å²) in [6.07, 6.45) is 2.46. The smallest absolute Gasteiger partial charge is 0.0434 e. The summed E-state index contributed by atoms with van der Waals surface area (Å²) < 4.78 is 0. The molecule has 0 aromatic heterocycles. The average molecular weight is 220 g/mol. The van der Waals surface area contributed by atoms with Gasteiger partial charge in [-0.1, -0.05) is 38.5 Å². The first-order valence-corrected chi connectivity index (χ1v) is 6.18. The summed E-state index contributed by atoms with van der Waals surface area (Å²) in [5.41, 5.74) is 7.15. The molecule has 2 nitrogen and oxygen atoms in total. The van der Waals surface area contributed by atoms with Crippen molar-refractivity contribution in [3.63, 3.8) is 0 Å². The number of benzene rings is 1. The fraction of sp³-hybridized carbons (Fsp3) is 0.571. The lowest BCUT2D eigenvalue weighted by Crippen LogP contribution is -2.42. The van der Waals surface area contributed by atoms with Gasteiger partial charge in [-0.25, -0.2) is 0 Å².